The molecule has 6 nitrogen and oxygen atoms in total. The number of rotatable bonds is 6. The number of piperazine rings is 1. The van der Waals surface area contributed by atoms with Gasteiger partial charge in [0.2, 0.25) is 0 Å². The molecule has 6 heteroatoms. The predicted octanol–water partition coefficient (Wildman–Crippen LogP) is 2.88. The van der Waals surface area contributed by atoms with Gasteiger partial charge in [-0.2, -0.15) is 0 Å². The highest BCUT2D eigenvalue weighted by atomic mass is 16.1. The summed E-state index contributed by atoms with van der Waals surface area (Å²) in [4.78, 5) is 25.5. The molecule has 1 saturated heterocycles. The van der Waals surface area contributed by atoms with Crippen LogP contribution in [0.15, 0.2) is 55.0 Å². The zero-order chi connectivity index (χ0) is 20.1. The van der Waals surface area contributed by atoms with Gasteiger partial charge in [-0.15, -0.1) is 0 Å². The van der Waals surface area contributed by atoms with E-state index in [1.165, 1.54) is 16.3 Å². The summed E-state index contributed by atoms with van der Waals surface area (Å²) in [5.41, 5.74) is 1.88. The lowest BCUT2D eigenvalue weighted by Crippen LogP contribution is -2.47. The normalized spacial score (nSPS) is 14.9. The third-order valence-corrected chi connectivity index (χ3v) is 5.43. The van der Waals surface area contributed by atoms with Crippen molar-refractivity contribution in [1.29, 1.82) is 0 Å². The fourth-order valence-corrected chi connectivity index (χ4v) is 3.82. The number of fused-ring (bicyclic) bond motifs is 1. The van der Waals surface area contributed by atoms with Crippen molar-refractivity contribution >= 4 is 22.5 Å². The van der Waals surface area contributed by atoms with Crippen molar-refractivity contribution in [3.05, 3.63) is 66.1 Å². The quantitative estimate of drug-likeness (QED) is 0.657. The number of hydrogen-bond donors (Lipinski definition) is 1. The zero-order valence-electron chi connectivity index (χ0n) is 16.8. The van der Waals surface area contributed by atoms with Gasteiger partial charge in [0.25, 0.3) is 5.91 Å². The Labute approximate surface area is 171 Å². The molecule has 1 aliphatic heterocycles. The van der Waals surface area contributed by atoms with Crippen LogP contribution in [0.25, 0.3) is 10.8 Å². The Hall–Kier alpha value is -2.99. The van der Waals surface area contributed by atoms with Crippen molar-refractivity contribution < 1.29 is 4.79 Å². The number of carbonyl (C=O) groups is 1. The van der Waals surface area contributed by atoms with Crippen molar-refractivity contribution in [2.75, 3.05) is 44.2 Å². The second-order valence-electron chi connectivity index (χ2n) is 7.54. The average Bonchev–Trinajstić information content (AvgIpc) is 2.77. The summed E-state index contributed by atoms with van der Waals surface area (Å²) >= 11 is 0. The summed E-state index contributed by atoms with van der Waals surface area (Å²) < 4.78 is 0. The first-order valence-corrected chi connectivity index (χ1v) is 10.2. The van der Waals surface area contributed by atoms with Gasteiger partial charge >= 0.3 is 0 Å². The standard InChI is InChI=1S/C23H27N5O/c1-18-5-6-21-19(16-18)7-10-25-22(21)28-14-12-27(13-15-28)11-3-9-26-23(29)20-4-2-8-24-17-20/h2,4-8,10,16-17H,3,9,11-15H2,1H3,(H,26,29). The molecular weight excluding hydrogens is 362 g/mol. The van der Waals surface area contributed by atoms with Crippen molar-refractivity contribution in [1.82, 2.24) is 20.2 Å². The molecular formula is C23H27N5O. The number of nitrogens with one attached hydrogen (secondary N) is 1. The van der Waals surface area contributed by atoms with Crippen LogP contribution >= 0.6 is 0 Å². The first kappa shape index (κ1) is 19.3. The molecule has 150 valence electrons. The molecule has 3 heterocycles. The van der Waals surface area contributed by atoms with Crippen molar-refractivity contribution in [3.63, 3.8) is 0 Å². The molecule has 0 unspecified atom stereocenters. The third kappa shape index (κ3) is 4.71. The van der Waals surface area contributed by atoms with Gasteiger partial charge in [0, 0.05) is 56.7 Å². The minimum absolute atomic E-state index is 0.0554. The summed E-state index contributed by atoms with van der Waals surface area (Å²) in [5, 5.41) is 5.45. The van der Waals surface area contributed by atoms with E-state index < -0.39 is 0 Å². The molecule has 0 atom stereocenters. The van der Waals surface area contributed by atoms with Crippen LogP contribution in [-0.2, 0) is 0 Å². The van der Waals surface area contributed by atoms with Gasteiger partial charge in [0.05, 0.1) is 5.56 Å². The molecule has 0 bridgehead atoms. The number of pyridine rings is 2. The number of benzene rings is 1. The minimum Gasteiger partial charge on any atom is -0.354 e. The van der Waals surface area contributed by atoms with Crippen LogP contribution < -0.4 is 10.2 Å². The molecule has 0 spiro atoms. The summed E-state index contributed by atoms with van der Waals surface area (Å²) in [6, 6.07) is 12.2. The number of nitrogens with zero attached hydrogens (tertiary/aromatic N) is 4. The van der Waals surface area contributed by atoms with Crippen molar-refractivity contribution in [2.24, 2.45) is 0 Å². The van der Waals surface area contributed by atoms with Gasteiger partial charge < -0.3 is 10.2 Å². The Balaban J connectivity index is 1.24. The summed E-state index contributed by atoms with van der Waals surface area (Å²) in [6.45, 7) is 7.77. The van der Waals surface area contributed by atoms with E-state index in [2.05, 4.69) is 56.3 Å². The van der Waals surface area contributed by atoms with Crippen LogP contribution in [0.1, 0.15) is 22.3 Å². The molecule has 0 saturated carbocycles. The van der Waals surface area contributed by atoms with Gasteiger partial charge in [0.15, 0.2) is 0 Å². The molecule has 1 amide bonds. The maximum atomic E-state index is 12.0. The first-order valence-electron chi connectivity index (χ1n) is 10.2. The highest BCUT2D eigenvalue weighted by Gasteiger charge is 2.19. The van der Waals surface area contributed by atoms with E-state index in [4.69, 9.17) is 0 Å². The number of aryl methyl sites for hydroxylation is 1. The Kier molecular flexibility index (Phi) is 6.00. The second kappa shape index (κ2) is 9.01. The van der Waals surface area contributed by atoms with E-state index in [-0.39, 0.29) is 5.91 Å². The summed E-state index contributed by atoms with van der Waals surface area (Å²) in [6.07, 6.45) is 6.12. The van der Waals surface area contributed by atoms with Crippen LogP contribution in [0.2, 0.25) is 0 Å². The van der Waals surface area contributed by atoms with Crippen LogP contribution in [0.4, 0.5) is 5.82 Å². The highest BCUT2D eigenvalue weighted by molar-refractivity contribution is 5.94. The maximum Gasteiger partial charge on any atom is 0.252 e. The molecule has 1 aliphatic rings. The molecule has 0 radical (unpaired) electrons. The van der Waals surface area contributed by atoms with Gasteiger partial charge in [-0.25, -0.2) is 4.98 Å². The number of carbonyl (C=O) groups excluding carboxylic acids is 1. The smallest absolute Gasteiger partial charge is 0.252 e. The molecule has 3 aromatic rings. The summed E-state index contributed by atoms with van der Waals surface area (Å²) in [5.74, 6) is 1.03. The predicted molar refractivity (Wildman–Crippen MR) is 116 cm³/mol. The fourth-order valence-electron chi connectivity index (χ4n) is 3.82. The van der Waals surface area contributed by atoms with Crippen LogP contribution in [0, 0.1) is 6.92 Å². The SMILES string of the molecule is Cc1ccc2c(N3CCN(CCCNC(=O)c4cccnc4)CC3)nccc2c1. The Bertz CT molecular complexity index is 967. The topological polar surface area (TPSA) is 61.4 Å². The molecule has 1 aromatic carbocycles. The fraction of sp³-hybridized carbons (Fsp3) is 0.348. The lowest BCUT2D eigenvalue weighted by molar-refractivity contribution is 0.0951. The van der Waals surface area contributed by atoms with Gasteiger partial charge in [-0.1, -0.05) is 23.8 Å². The van der Waals surface area contributed by atoms with Crippen LogP contribution in [-0.4, -0.2) is 60.0 Å². The Morgan fingerprint density at radius 1 is 1.10 bits per heavy atom. The molecule has 2 aromatic heterocycles. The monoisotopic (exact) mass is 389 g/mol. The lowest BCUT2D eigenvalue weighted by atomic mass is 10.1. The number of amides is 1. The van der Waals surface area contributed by atoms with E-state index in [1.807, 2.05) is 6.20 Å². The van der Waals surface area contributed by atoms with Crippen LogP contribution in [0.3, 0.4) is 0 Å². The molecule has 4 rings (SSSR count). The van der Waals surface area contributed by atoms with E-state index in [9.17, 15) is 4.79 Å². The number of anilines is 1. The Morgan fingerprint density at radius 3 is 2.76 bits per heavy atom. The molecule has 0 aliphatic carbocycles. The molecule has 1 N–H and O–H groups in total. The van der Waals surface area contributed by atoms with Gasteiger partial charge in [-0.3, -0.25) is 14.7 Å². The van der Waals surface area contributed by atoms with Crippen LogP contribution in [0.5, 0.6) is 0 Å². The van der Waals surface area contributed by atoms with E-state index in [1.54, 1.807) is 24.5 Å². The highest BCUT2D eigenvalue weighted by Crippen LogP contribution is 2.26. The molecule has 29 heavy (non-hydrogen) atoms. The zero-order valence-corrected chi connectivity index (χ0v) is 16.8. The molecule has 1 fully saturated rings. The van der Waals surface area contributed by atoms with Crippen molar-refractivity contribution in [2.45, 2.75) is 13.3 Å². The lowest BCUT2D eigenvalue weighted by Gasteiger charge is -2.35. The van der Waals surface area contributed by atoms with Gasteiger partial charge in [0.1, 0.15) is 5.82 Å². The van der Waals surface area contributed by atoms with E-state index >= 15 is 0 Å². The number of hydrogen-bond acceptors (Lipinski definition) is 5. The average molecular weight is 390 g/mol. The Morgan fingerprint density at radius 2 is 1.97 bits per heavy atom. The minimum atomic E-state index is -0.0554. The maximum absolute atomic E-state index is 12.0. The van der Waals surface area contributed by atoms with Crippen molar-refractivity contribution in [3.8, 4) is 0 Å². The first-order chi connectivity index (χ1) is 14.2. The van der Waals surface area contributed by atoms with E-state index in [0.717, 1.165) is 45.0 Å². The number of aromatic nitrogens is 2. The second-order valence-corrected chi connectivity index (χ2v) is 7.54. The largest absolute Gasteiger partial charge is 0.354 e. The summed E-state index contributed by atoms with van der Waals surface area (Å²) in [7, 11) is 0. The van der Waals surface area contributed by atoms with Gasteiger partial charge in [-0.05, 0) is 43.5 Å². The van der Waals surface area contributed by atoms with E-state index in [0.29, 0.717) is 12.1 Å². The third-order valence-electron chi connectivity index (χ3n) is 5.43.